The first-order valence-corrected chi connectivity index (χ1v) is 13.7. The summed E-state index contributed by atoms with van der Waals surface area (Å²) >= 11 is 6.55. The molecule has 3 aromatic carbocycles. The summed E-state index contributed by atoms with van der Waals surface area (Å²) in [5.41, 5.74) is 7.44. The number of benzene rings is 3. The van der Waals surface area contributed by atoms with E-state index in [0.717, 1.165) is 85.1 Å². The monoisotopic (exact) mass is 535 g/mol. The molecule has 3 nitrogen and oxygen atoms in total. The summed E-state index contributed by atoms with van der Waals surface area (Å²) in [6, 6.07) is 18.5. The third kappa shape index (κ3) is 5.84. The molecule has 1 aliphatic heterocycles. The van der Waals surface area contributed by atoms with E-state index < -0.39 is 5.97 Å². The maximum atomic E-state index is 13.9. The van der Waals surface area contributed by atoms with E-state index in [1.807, 2.05) is 6.07 Å². The number of carbonyl (C=O) groups is 1. The fourth-order valence-corrected chi connectivity index (χ4v) is 6.24. The zero-order valence-electron chi connectivity index (χ0n) is 21.4. The number of hydrogen-bond acceptors (Lipinski definition) is 2. The van der Waals surface area contributed by atoms with Crippen LogP contribution < -0.4 is 0 Å². The van der Waals surface area contributed by atoms with E-state index >= 15 is 0 Å². The molecule has 1 atom stereocenters. The van der Waals surface area contributed by atoms with Gasteiger partial charge >= 0.3 is 5.97 Å². The Morgan fingerprint density at radius 1 is 1.03 bits per heavy atom. The number of aryl methyl sites for hydroxylation is 1. The van der Waals surface area contributed by atoms with Crippen molar-refractivity contribution in [2.75, 3.05) is 26.3 Å². The van der Waals surface area contributed by atoms with Gasteiger partial charge in [0.15, 0.2) is 0 Å². The van der Waals surface area contributed by atoms with Gasteiger partial charge in [0.2, 0.25) is 0 Å². The lowest BCUT2D eigenvalue weighted by Crippen LogP contribution is -2.22. The number of likely N-dealkylation sites (tertiary alicyclic amines) is 1. The second-order valence-corrected chi connectivity index (χ2v) is 10.8. The van der Waals surface area contributed by atoms with E-state index in [4.69, 9.17) is 11.6 Å². The summed E-state index contributed by atoms with van der Waals surface area (Å²) in [6.07, 6.45) is 5.05. The molecule has 1 aliphatic carbocycles. The highest BCUT2D eigenvalue weighted by Gasteiger charge is 2.24. The van der Waals surface area contributed by atoms with E-state index in [1.54, 1.807) is 18.2 Å². The highest BCUT2D eigenvalue weighted by molar-refractivity contribution is 6.32. The molecule has 0 spiro atoms. The van der Waals surface area contributed by atoms with Crippen LogP contribution in [0.1, 0.15) is 63.9 Å². The average molecular weight is 536 g/mol. The van der Waals surface area contributed by atoms with Crippen LogP contribution in [0.25, 0.3) is 11.1 Å². The highest BCUT2D eigenvalue weighted by atomic mass is 35.5. The molecule has 2 aliphatic rings. The predicted molar refractivity (Wildman–Crippen MR) is 149 cm³/mol. The number of aromatic carboxylic acids is 1. The maximum Gasteiger partial charge on any atom is 0.335 e. The van der Waals surface area contributed by atoms with E-state index in [2.05, 4.69) is 29.2 Å². The van der Waals surface area contributed by atoms with Crippen molar-refractivity contribution in [3.05, 3.63) is 105 Å². The van der Waals surface area contributed by atoms with Crippen molar-refractivity contribution in [2.24, 2.45) is 5.92 Å². The lowest BCUT2D eigenvalue weighted by Gasteiger charge is -2.18. The smallest absolute Gasteiger partial charge is 0.335 e. The Hall–Kier alpha value is -3.02. The predicted octanol–water partition coefficient (Wildman–Crippen LogP) is 7.70. The third-order valence-electron chi connectivity index (χ3n) is 7.80. The summed E-state index contributed by atoms with van der Waals surface area (Å²) in [4.78, 5) is 14.0. The Bertz CT molecular complexity index is 1350. The van der Waals surface area contributed by atoms with Crippen molar-refractivity contribution in [1.82, 2.24) is 4.90 Å². The van der Waals surface area contributed by atoms with E-state index in [9.17, 15) is 18.7 Å². The van der Waals surface area contributed by atoms with Crippen molar-refractivity contribution in [2.45, 2.75) is 38.5 Å². The first-order valence-electron chi connectivity index (χ1n) is 13.4. The zero-order valence-corrected chi connectivity index (χ0v) is 22.1. The molecule has 6 heteroatoms. The minimum Gasteiger partial charge on any atom is -0.478 e. The first-order chi connectivity index (χ1) is 18.4. The number of halogens is 3. The Morgan fingerprint density at radius 2 is 1.82 bits per heavy atom. The molecule has 38 heavy (non-hydrogen) atoms. The Labute approximate surface area is 227 Å². The fraction of sp³-hybridized carbons (Fsp3) is 0.344. The van der Waals surface area contributed by atoms with Crippen LogP contribution in [0.4, 0.5) is 8.78 Å². The molecule has 1 saturated heterocycles. The van der Waals surface area contributed by atoms with Gasteiger partial charge < -0.3 is 10.0 Å². The van der Waals surface area contributed by atoms with Gasteiger partial charge in [-0.15, -0.1) is 0 Å². The summed E-state index contributed by atoms with van der Waals surface area (Å²) in [7, 11) is 0. The molecule has 198 valence electrons. The van der Waals surface area contributed by atoms with Crippen molar-refractivity contribution >= 4 is 28.7 Å². The zero-order chi connectivity index (χ0) is 26.6. The van der Waals surface area contributed by atoms with Gasteiger partial charge in [-0.3, -0.25) is 4.39 Å². The molecule has 1 unspecified atom stereocenters. The van der Waals surface area contributed by atoms with Crippen LogP contribution in [0.3, 0.4) is 0 Å². The molecule has 5 rings (SSSR count). The van der Waals surface area contributed by atoms with Gasteiger partial charge in [-0.2, -0.15) is 0 Å². The van der Waals surface area contributed by atoms with Crippen molar-refractivity contribution < 1.29 is 18.7 Å². The van der Waals surface area contributed by atoms with Gasteiger partial charge in [0.25, 0.3) is 0 Å². The summed E-state index contributed by atoms with van der Waals surface area (Å²) in [5, 5.41) is 9.93. The fourth-order valence-electron chi connectivity index (χ4n) is 5.96. The van der Waals surface area contributed by atoms with Gasteiger partial charge in [-0.05, 0) is 114 Å². The third-order valence-corrected chi connectivity index (χ3v) is 8.11. The number of carboxylic acids is 1. The van der Waals surface area contributed by atoms with E-state index in [1.165, 1.54) is 17.7 Å². The first kappa shape index (κ1) is 26.6. The van der Waals surface area contributed by atoms with Crippen LogP contribution in [0.5, 0.6) is 0 Å². The minimum absolute atomic E-state index is 0.260. The van der Waals surface area contributed by atoms with Crippen molar-refractivity contribution in [3.8, 4) is 0 Å². The standard InChI is InChI=1S/C32H32ClF2NO2/c33-30-19-26(35)10-12-28(30)29-4-1-3-24-18-25(32(37)38)9-11-27(24)31(29)23-7-5-21(6-8-23)17-22-13-16-36(20-22)15-2-14-34/h5-12,18-19,22H,1-4,13-17,20H2,(H,37,38). The largest absolute Gasteiger partial charge is 0.478 e. The number of carboxylic acid groups (broad SMARTS) is 1. The van der Waals surface area contributed by atoms with Gasteiger partial charge in [-0.25, -0.2) is 9.18 Å². The SMILES string of the molecule is O=C(O)c1ccc2c(c1)CCCC(c1ccc(F)cc1Cl)=C2c1ccc(CC2CCN(CCCF)C2)cc1. The van der Waals surface area contributed by atoms with Gasteiger partial charge in [-0.1, -0.05) is 48.0 Å². The molecule has 1 N–H and O–H groups in total. The summed E-state index contributed by atoms with van der Waals surface area (Å²) < 4.78 is 26.4. The lowest BCUT2D eigenvalue weighted by molar-refractivity contribution is 0.0696. The van der Waals surface area contributed by atoms with Gasteiger partial charge in [0.1, 0.15) is 5.82 Å². The number of allylic oxidation sites excluding steroid dienone is 1. The number of fused-ring (bicyclic) bond motifs is 1. The number of rotatable bonds is 8. The van der Waals surface area contributed by atoms with Gasteiger partial charge in [0, 0.05) is 13.1 Å². The normalized spacial score (nSPS) is 17.9. The second-order valence-electron chi connectivity index (χ2n) is 10.4. The molecule has 0 saturated carbocycles. The highest BCUT2D eigenvalue weighted by Crippen LogP contribution is 2.42. The Morgan fingerprint density at radius 3 is 2.55 bits per heavy atom. The molecule has 0 amide bonds. The number of nitrogens with zero attached hydrogens (tertiary/aromatic N) is 1. The summed E-state index contributed by atoms with van der Waals surface area (Å²) in [5.74, 6) is -0.745. The van der Waals surface area contributed by atoms with Crippen LogP contribution in [0, 0.1) is 11.7 Å². The Kier molecular flexibility index (Phi) is 8.25. The van der Waals surface area contributed by atoms with E-state index in [0.29, 0.717) is 17.4 Å². The van der Waals surface area contributed by atoms with E-state index in [-0.39, 0.29) is 18.1 Å². The molecule has 0 bridgehead atoms. The number of alkyl halides is 1. The molecule has 3 aromatic rings. The van der Waals surface area contributed by atoms with Gasteiger partial charge in [0.05, 0.1) is 17.3 Å². The van der Waals surface area contributed by atoms with Crippen LogP contribution in [0.2, 0.25) is 5.02 Å². The van der Waals surface area contributed by atoms with Crippen LogP contribution in [-0.4, -0.2) is 42.3 Å². The molecular formula is C32H32ClF2NO2. The van der Waals surface area contributed by atoms with Crippen molar-refractivity contribution in [3.63, 3.8) is 0 Å². The van der Waals surface area contributed by atoms with Crippen LogP contribution >= 0.6 is 11.6 Å². The molecule has 1 fully saturated rings. The van der Waals surface area contributed by atoms with Crippen LogP contribution in [0.15, 0.2) is 60.7 Å². The minimum atomic E-state index is -0.941. The molecule has 1 heterocycles. The average Bonchev–Trinajstić information content (AvgIpc) is 3.26. The second kappa shape index (κ2) is 11.8. The summed E-state index contributed by atoms with van der Waals surface area (Å²) in [6.45, 7) is 2.62. The van der Waals surface area contributed by atoms with Crippen molar-refractivity contribution in [1.29, 1.82) is 0 Å². The quantitative estimate of drug-likeness (QED) is 0.321. The molecular weight excluding hydrogens is 504 g/mol. The molecule has 0 aromatic heterocycles. The lowest BCUT2D eigenvalue weighted by atomic mass is 9.86. The Balaban J connectivity index is 1.51. The number of hydrogen-bond donors (Lipinski definition) is 1. The maximum absolute atomic E-state index is 13.9. The molecule has 0 radical (unpaired) electrons. The topological polar surface area (TPSA) is 40.5 Å². The van der Waals surface area contributed by atoms with Crippen LogP contribution in [-0.2, 0) is 12.8 Å².